The molecule has 0 aliphatic carbocycles. The maximum Gasteiger partial charge on any atom is 0.193 e. The van der Waals surface area contributed by atoms with E-state index < -0.39 is 0 Å². The molecule has 0 saturated heterocycles. The lowest BCUT2D eigenvalue weighted by atomic mass is 9.96. The Labute approximate surface area is 125 Å². The molecule has 0 aliphatic rings. The van der Waals surface area contributed by atoms with Crippen LogP contribution in [-0.2, 0) is 0 Å². The Hall–Kier alpha value is -2.10. The minimum atomic E-state index is -0.0671. The number of hydrogen-bond donors (Lipinski definition) is 0. The van der Waals surface area contributed by atoms with Gasteiger partial charge in [0.2, 0.25) is 0 Å². The lowest BCUT2D eigenvalue weighted by Crippen LogP contribution is -2.05. The van der Waals surface area contributed by atoms with Crippen molar-refractivity contribution in [2.75, 3.05) is 0 Å². The summed E-state index contributed by atoms with van der Waals surface area (Å²) in [6.45, 7) is 3.76. The Balaban J connectivity index is 2.52. The number of hydrogen-bond acceptors (Lipinski definition) is 2. The van der Waals surface area contributed by atoms with E-state index >= 15 is 0 Å². The molecule has 100 valence electrons. The minimum Gasteiger partial charge on any atom is -0.289 e. The molecular formula is C15H12BrN3O. The number of nitrogens with zero attached hydrogens (tertiary/aromatic N) is 3. The van der Waals surface area contributed by atoms with Crippen molar-refractivity contribution < 1.29 is 4.79 Å². The number of azide groups is 1. The van der Waals surface area contributed by atoms with Crippen LogP contribution in [0.5, 0.6) is 0 Å². The first-order valence-corrected chi connectivity index (χ1v) is 6.79. The molecule has 0 bridgehead atoms. The largest absolute Gasteiger partial charge is 0.289 e. The SMILES string of the molecule is Cc1cc(Br)ccc1C(=O)c1cc(N=[N+]=[N-])ccc1C. The highest BCUT2D eigenvalue weighted by Gasteiger charge is 2.14. The molecule has 20 heavy (non-hydrogen) atoms. The zero-order valence-electron chi connectivity index (χ0n) is 11.1. The molecule has 0 spiro atoms. The molecule has 0 N–H and O–H groups in total. The van der Waals surface area contributed by atoms with Gasteiger partial charge in [-0.2, -0.15) is 0 Å². The second-order valence-electron chi connectivity index (χ2n) is 4.48. The lowest BCUT2D eigenvalue weighted by Gasteiger charge is -2.09. The first-order valence-electron chi connectivity index (χ1n) is 5.99. The molecule has 0 amide bonds. The van der Waals surface area contributed by atoms with Crippen LogP contribution in [0, 0.1) is 13.8 Å². The van der Waals surface area contributed by atoms with Crippen LogP contribution < -0.4 is 0 Å². The molecule has 0 heterocycles. The van der Waals surface area contributed by atoms with Gasteiger partial charge in [-0.05, 0) is 54.8 Å². The van der Waals surface area contributed by atoms with Crippen LogP contribution in [0.25, 0.3) is 10.4 Å². The highest BCUT2D eigenvalue weighted by molar-refractivity contribution is 9.10. The maximum absolute atomic E-state index is 12.6. The summed E-state index contributed by atoms with van der Waals surface area (Å²) in [4.78, 5) is 15.4. The van der Waals surface area contributed by atoms with Gasteiger partial charge in [0.05, 0.1) is 0 Å². The van der Waals surface area contributed by atoms with Crippen LogP contribution >= 0.6 is 15.9 Å². The first-order chi connectivity index (χ1) is 9.52. The highest BCUT2D eigenvalue weighted by Crippen LogP contribution is 2.24. The molecule has 5 heteroatoms. The number of ketones is 1. The van der Waals surface area contributed by atoms with E-state index in [2.05, 4.69) is 26.0 Å². The monoisotopic (exact) mass is 329 g/mol. The third-order valence-electron chi connectivity index (χ3n) is 3.06. The molecule has 0 atom stereocenters. The third-order valence-corrected chi connectivity index (χ3v) is 3.55. The van der Waals surface area contributed by atoms with Crippen LogP contribution in [0.2, 0.25) is 0 Å². The number of carbonyl (C=O) groups excluding carboxylic acids is 1. The third kappa shape index (κ3) is 2.90. The predicted octanol–water partition coefficient (Wildman–Crippen LogP) is 5.24. The Bertz CT molecular complexity index is 734. The zero-order valence-corrected chi connectivity index (χ0v) is 12.7. The van der Waals surface area contributed by atoms with E-state index in [4.69, 9.17) is 5.53 Å². The van der Waals surface area contributed by atoms with Gasteiger partial charge in [-0.1, -0.05) is 33.2 Å². The predicted molar refractivity (Wildman–Crippen MR) is 82.3 cm³/mol. The molecule has 0 unspecified atom stereocenters. The molecule has 2 aromatic rings. The average molecular weight is 330 g/mol. The fraction of sp³-hybridized carbons (Fsp3) is 0.133. The minimum absolute atomic E-state index is 0.0671. The van der Waals surface area contributed by atoms with E-state index in [1.807, 2.05) is 26.0 Å². The summed E-state index contributed by atoms with van der Waals surface area (Å²) in [6, 6.07) is 10.6. The van der Waals surface area contributed by atoms with E-state index in [1.54, 1.807) is 24.3 Å². The summed E-state index contributed by atoms with van der Waals surface area (Å²) in [6.07, 6.45) is 0. The van der Waals surface area contributed by atoms with Gasteiger partial charge in [0.25, 0.3) is 0 Å². The van der Waals surface area contributed by atoms with Gasteiger partial charge in [0.15, 0.2) is 5.78 Å². The maximum atomic E-state index is 12.6. The van der Waals surface area contributed by atoms with E-state index in [0.717, 1.165) is 15.6 Å². The number of halogens is 1. The summed E-state index contributed by atoms with van der Waals surface area (Å²) < 4.78 is 0.936. The summed E-state index contributed by atoms with van der Waals surface area (Å²) in [5, 5.41) is 3.54. The van der Waals surface area contributed by atoms with Crippen molar-refractivity contribution in [2.45, 2.75) is 13.8 Å². The van der Waals surface area contributed by atoms with Crippen LogP contribution in [0.4, 0.5) is 5.69 Å². The second-order valence-corrected chi connectivity index (χ2v) is 5.39. The topological polar surface area (TPSA) is 65.8 Å². The molecule has 0 radical (unpaired) electrons. The van der Waals surface area contributed by atoms with Crippen molar-refractivity contribution in [3.63, 3.8) is 0 Å². The average Bonchev–Trinajstić information content (AvgIpc) is 2.40. The number of rotatable bonds is 3. The fourth-order valence-electron chi connectivity index (χ4n) is 2.00. The second kappa shape index (κ2) is 5.90. The summed E-state index contributed by atoms with van der Waals surface area (Å²) in [5.41, 5.74) is 11.9. The van der Waals surface area contributed by atoms with Gasteiger partial charge in [0, 0.05) is 26.2 Å². The Kier molecular flexibility index (Phi) is 4.23. The standard InChI is InChI=1S/C15H12BrN3O/c1-9-3-5-12(18-19-17)8-14(9)15(20)13-6-4-11(16)7-10(13)2/h3-8H,1-2H3. The molecule has 0 saturated carbocycles. The summed E-state index contributed by atoms with van der Waals surface area (Å²) in [7, 11) is 0. The van der Waals surface area contributed by atoms with Gasteiger partial charge in [-0.25, -0.2) is 0 Å². The van der Waals surface area contributed by atoms with Crippen molar-refractivity contribution in [3.05, 3.63) is 73.6 Å². The quantitative estimate of drug-likeness (QED) is 0.328. The van der Waals surface area contributed by atoms with Crippen molar-refractivity contribution >= 4 is 27.4 Å². The van der Waals surface area contributed by atoms with Crippen LogP contribution in [0.15, 0.2) is 46.0 Å². The first kappa shape index (κ1) is 14.3. The van der Waals surface area contributed by atoms with Crippen molar-refractivity contribution in [1.29, 1.82) is 0 Å². The Morgan fingerprint density at radius 3 is 2.50 bits per heavy atom. The summed E-state index contributed by atoms with van der Waals surface area (Å²) >= 11 is 3.38. The van der Waals surface area contributed by atoms with Crippen LogP contribution in [-0.4, -0.2) is 5.78 Å². The van der Waals surface area contributed by atoms with Gasteiger partial charge >= 0.3 is 0 Å². The van der Waals surface area contributed by atoms with Gasteiger partial charge in [-0.3, -0.25) is 4.79 Å². The smallest absolute Gasteiger partial charge is 0.193 e. The van der Waals surface area contributed by atoms with Crippen molar-refractivity contribution in [1.82, 2.24) is 0 Å². The highest BCUT2D eigenvalue weighted by atomic mass is 79.9. The Morgan fingerprint density at radius 2 is 1.85 bits per heavy atom. The van der Waals surface area contributed by atoms with Crippen LogP contribution in [0.3, 0.4) is 0 Å². The van der Waals surface area contributed by atoms with Crippen molar-refractivity contribution in [3.8, 4) is 0 Å². The summed E-state index contributed by atoms with van der Waals surface area (Å²) in [5.74, 6) is -0.0671. The van der Waals surface area contributed by atoms with E-state index in [1.165, 1.54) is 0 Å². The number of aryl methyl sites for hydroxylation is 2. The molecule has 2 rings (SSSR count). The van der Waals surface area contributed by atoms with Crippen LogP contribution in [0.1, 0.15) is 27.0 Å². The lowest BCUT2D eigenvalue weighted by molar-refractivity contribution is 0.103. The van der Waals surface area contributed by atoms with Gasteiger partial charge < -0.3 is 0 Å². The molecule has 0 aromatic heterocycles. The van der Waals surface area contributed by atoms with Gasteiger partial charge in [-0.15, -0.1) is 0 Å². The molecule has 4 nitrogen and oxygen atoms in total. The number of benzene rings is 2. The molecule has 0 aliphatic heterocycles. The van der Waals surface area contributed by atoms with Gasteiger partial charge in [0.1, 0.15) is 0 Å². The molecular weight excluding hydrogens is 318 g/mol. The number of carbonyl (C=O) groups is 1. The molecule has 0 fully saturated rings. The zero-order chi connectivity index (χ0) is 14.7. The Morgan fingerprint density at radius 1 is 1.10 bits per heavy atom. The van der Waals surface area contributed by atoms with E-state index in [-0.39, 0.29) is 5.78 Å². The normalized spacial score (nSPS) is 9.95. The fourth-order valence-corrected chi connectivity index (χ4v) is 2.47. The molecule has 2 aromatic carbocycles. The van der Waals surface area contributed by atoms with E-state index in [0.29, 0.717) is 16.8 Å². The van der Waals surface area contributed by atoms with Crippen molar-refractivity contribution in [2.24, 2.45) is 5.11 Å². The van der Waals surface area contributed by atoms with E-state index in [9.17, 15) is 4.79 Å².